The first-order valence-electron chi connectivity index (χ1n) is 9.03. The Hall–Kier alpha value is -2.11. The molecule has 0 fully saturated rings. The van der Waals surface area contributed by atoms with Crippen LogP contribution in [0.1, 0.15) is 37.8 Å². The molecule has 1 heterocycles. The van der Waals surface area contributed by atoms with Crippen molar-refractivity contribution in [2.75, 3.05) is 5.32 Å². The monoisotopic (exact) mass is 396 g/mol. The number of rotatable bonds is 6. The van der Waals surface area contributed by atoms with Crippen LogP contribution in [0.3, 0.4) is 0 Å². The molecule has 5 heteroatoms. The number of thiazole rings is 1. The van der Waals surface area contributed by atoms with E-state index in [0.717, 1.165) is 26.8 Å². The molecule has 0 radical (unpaired) electrons. The molecule has 0 saturated heterocycles. The van der Waals surface area contributed by atoms with Gasteiger partial charge in [0.2, 0.25) is 5.91 Å². The highest BCUT2D eigenvalue weighted by Crippen LogP contribution is 2.32. The van der Waals surface area contributed by atoms with Crippen LogP contribution in [0.4, 0.5) is 5.69 Å². The maximum absolute atomic E-state index is 12.8. The second-order valence-corrected chi connectivity index (χ2v) is 9.25. The second-order valence-electron chi connectivity index (χ2n) is 6.81. The van der Waals surface area contributed by atoms with Crippen LogP contribution in [0.5, 0.6) is 0 Å². The highest BCUT2D eigenvalue weighted by atomic mass is 32.2. The third kappa shape index (κ3) is 4.79. The van der Waals surface area contributed by atoms with Gasteiger partial charge in [0.25, 0.3) is 0 Å². The number of thioether (sulfide) groups is 1. The number of hydrogen-bond donors (Lipinski definition) is 1. The van der Waals surface area contributed by atoms with Gasteiger partial charge in [0, 0.05) is 16.6 Å². The number of amides is 1. The van der Waals surface area contributed by atoms with Crippen LogP contribution in [-0.2, 0) is 4.79 Å². The van der Waals surface area contributed by atoms with Crippen molar-refractivity contribution < 1.29 is 4.79 Å². The fraction of sp³-hybridized carbons (Fsp3) is 0.273. The van der Waals surface area contributed by atoms with Gasteiger partial charge in [-0.2, -0.15) is 0 Å². The van der Waals surface area contributed by atoms with Crippen molar-refractivity contribution in [2.24, 2.45) is 0 Å². The first kappa shape index (κ1) is 19.6. The van der Waals surface area contributed by atoms with Crippen LogP contribution in [0.2, 0.25) is 0 Å². The summed E-state index contributed by atoms with van der Waals surface area (Å²) in [5.41, 5.74) is 5.25. The summed E-state index contributed by atoms with van der Waals surface area (Å²) in [5.74, 6) is 0.364. The summed E-state index contributed by atoms with van der Waals surface area (Å²) < 4.78 is 0.908. The predicted molar refractivity (Wildman–Crippen MR) is 117 cm³/mol. The SMILES string of the molecule is Cc1cccc(C(C)C)c1NC(=O)[C@H](C)Sc1nc(-c2ccccc2)cs1. The molecular formula is C22H24N2OS2. The maximum Gasteiger partial charge on any atom is 0.237 e. The average molecular weight is 397 g/mol. The number of aromatic nitrogens is 1. The Bertz CT molecular complexity index is 919. The van der Waals surface area contributed by atoms with Crippen LogP contribution in [0.15, 0.2) is 58.3 Å². The minimum Gasteiger partial charge on any atom is -0.325 e. The molecule has 1 aromatic heterocycles. The number of anilines is 1. The molecule has 3 aromatic rings. The van der Waals surface area contributed by atoms with Gasteiger partial charge in [-0.15, -0.1) is 11.3 Å². The first-order chi connectivity index (χ1) is 13.0. The van der Waals surface area contributed by atoms with Crippen molar-refractivity contribution in [3.63, 3.8) is 0 Å². The summed E-state index contributed by atoms with van der Waals surface area (Å²) in [7, 11) is 0. The standard InChI is InChI=1S/C22H24N2OS2/c1-14(2)18-12-8-9-15(3)20(18)24-21(25)16(4)27-22-23-19(13-26-22)17-10-6-5-7-11-17/h5-14,16H,1-4H3,(H,24,25)/t16-/m0/s1. The first-order valence-corrected chi connectivity index (χ1v) is 10.8. The molecule has 0 unspecified atom stereocenters. The maximum atomic E-state index is 12.8. The molecule has 2 aromatic carbocycles. The minimum absolute atomic E-state index is 0.00709. The molecule has 0 aliphatic heterocycles. The Balaban J connectivity index is 1.70. The van der Waals surface area contributed by atoms with Gasteiger partial charge < -0.3 is 5.32 Å². The van der Waals surface area contributed by atoms with E-state index in [0.29, 0.717) is 5.92 Å². The lowest BCUT2D eigenvalue weighted by Crippen LogP contribution is -2.23. The third-order valence-electron chi connectivity index (χ3n) is 4.37. The summed E-state index contributed by atoms with van der Waals surface area (Å²) in [4.78, 5) is 17.4. The number of carbonyl (C=O) groups is 1. The Morgan fingerprint density at radius 3 is 2.52 bits per heavy atom. The van der Waals surface area contributed by atoms with Gasteiger partial charge in [-0.05, 0) is 30.9 Å². The molecule has 3 nitrogen and oxygen atoms in total. The number of para-hydroxylation sites is 1. The van der Waals surface area contributed by atoms with E-state index in [1.807, 2.05) is 61.7 Å². The van der Waals surface area contributed by atoms with Crippen LogP contribution in [0.25, 0.3) is 11.3 Å². The number of hydrogen-bond acceptors (Lipinski definition) is 4. The normalized spacial score (nSPS) is 12.2. The van der Waals surface area contributed by atoms with Crippen molar-refractivity contribution in [3.05, 3.63) is 65.0 Å². The van der Waals surface area contributed by atoms with E-state index in [-0.39, 0.29) is 11.2 Å². The molecule has 140 valence electrons. The number of aryl methyl sites for hydroxylation is 1. The molecular weight excluding hydrogens is 372 g/mol. The number of carbonyl (C=O) groups excluding carboxylic acids is 1. The zero-order valence-electron chi connectivity index (χ0n) is 16.0. The van der Waals surface area contributed by atoms with Crippen molar-refractivity contribution in [3.8, 4) is 11.3 Å². The lowest BCUT2D eigenvalue weighted by Gasteiger charge is -2.18. The summed E-state index contributed by atoms with van der Waals surface area (Å²) in [6, 6.07) is 16.3. The van der Waals surface area contributed by atoms with E-state index >= 15 is 0 Å². The molecule has 27 heavy (non-hydrogen) atoms. The van der Waals surface area contributed by atoms with Crippen LogP contribution >= 0.6 is 23.1 Å². The minimum atomic E-state index is -0.223. The molecule has 1 amide bonds. The largest absolute Gasteiger partial charge is 0.325 e. The number of nitrogens with zero attached hydrogens (tertiary/aromatic N) is 1. The van der Waals surface area contributed by atoms with E-state index in [2.05, 4.69) is 30.2 Å². The molecule has 1 atom stereocenters. The van der Waals surface area contributed by atoms with E-state index in [1.165, 1.54) is 17.3 Å². The van der Waals surface area contributed by atoms with E-state index < -0.39 is 0 Å². The molecule has 0 aliphatic carbocycles. The van der Waals surface area contributed by atoms with E-state index in [4.69, 9.17) is 0 Å². The van der Waals surface area contributed by atoms with Gasteiger partial charge in [-0.1, -0.05) is 74.1 Å². The van der Waals surface area contributed by atoms with Gasteiger partial charge >= 0.3 is 0 Å². The summed E-state index contributed by atoms with van der Waals surface area (Å²) >= 11 is 3.08. The molecule has 3 rings (SSSR count). The topological polar surface area (TPSA) is 42.0 Å². The van der Waals surface area contributed by atoms with Gasteiger partial charge in [0.15, 0.2) is 4.34 Å². The van der Waals surface area contributed by atoms with Crippen LogP contribution in [0, 0.1) is 6.92 Å². The highest BCUT2D eigenvalue weighted by Gasteiger charge is 2.19. The number of nitrogens with one attached hydrogen (secondary N) is 1. The zero-order chi connectivity index (χ0) is 19.4. The quantitative estimate of drug-likeness (QED) is 0.493. The lowest BCUT2D eigenvalue weighted by molar-refractivity contribution is -0.115. The molecule has 0 spiro atoms. The lowest BCUT2D eigenvalue weighted by atomic mass is 9.98. The molecule has 1 N–H and O–H groups in total. The molecule has 0 saturated carbocycles. The second kappa shape index (κ2) is 8.72. The summed E-state index contributed by atoms with van der Waals surface area (Å²) in [5, 5.41) is 4.96. The third-order valence-corrected chi connectivity index (χ3v) is 6.45. The Morgan fingerprint density at radius 1 is 1.07 bits per heavy atom. The van der Waals surface area contributed by atoms with Gasteiger partial charge in [-0.25, -0.2) is 4.98 Å². The Kier molecular flexibility index (Phi) is 6.34. The fourth-order valence-corrected chi connectivity index (χ4v) is 4.80. The summed E-state index contributed by atoms with van der Waals surface area (Å²) in [6.07, 6.45) is 0. The zero-order valence-corrected chi connectivity index (χ0v) is 17.7. The average Bonchev–Trinajstić information content (AvgIpc) is 3.12. The van der Waals surface area contributed by atoms with Crippen molar-refractivity contribution in [1.29, 1.82) is 0 Å². The number of benzene rings is 2. The smallest absolute Gasteiger partial charge is 0.237 e. The molecule has 0 bridgehead atoms. The van der Waals surface area contributed by atoms with Crippen LogP contribution in [-0.4, -0.2) is 16.1 Å². The Labute approximate surface area is 169 Å². The fourth-order valence-electron chi connectivity index (χ4n) is 2.82. The van der Waals surface area contributed by atoms with Crippen LogP contribution < -0.4 is 5.32 Å². The predicted octanol–water partition coefficient (Wildman–Crippen LogP) is 6.36. The van der Waals surface area contributed by atoms with Crippen molar-refractivity contribution in [1.82, 2.24) is 4.98 Å². The van der Waals surface area contributed by atoms with E-state index in [1.54, 1.807) is 11.3 Å². The molecule has 0 aliphatic rings. The summed E-state index contributed by atoms with van der Waals surface area (Å²) in [6.45, 7) is 8.25. The van der Waals surface area contributed by atoms with Crippen molar-refractivity contribution in [2.45, 2.75) is 43.2 Å². The Morgan fingerprint density at radius 2 is 1.81 bits per heavy atom. The van der Waals surface area contributed by atoms with Gasteiger partial charge in [0.1, 0.15) is 0 Å². The van der Waals surface area contributed by atoms with Gasteiger partial charge in [-0.3, -0.25) is 4.79 Å². The van der Waals surface area contributed by atoms with Crippen molar-refractivity contribution >= 4 is 34.7 Å². The van der Waals surface area contributed by atoms with E-state index in [9.17, 15) is 4.79 Å². The van der Waals surface area contributed by atoms with Gasteiger partial charge in [0.05, 0.1) is 10.9 Å². The highest BCUT2D eigenvalue weighted by molar-refractivity contribution is 8.02.